The summed E-state index contributed by atoms with van der Waals surface area (Å²) in [6.45, 7) is 4.39. The lowest BCUT2D eigenvalue weighted by Gasteiger charge is -2.11. The molecule has 1 nitrogen and oxygen atoms in total. The maximum Gasteiger partial charge on any atom is 0.150 e. The zero-order chi connectivity index (χ0) is 11.8. The van der Waals surface area contributed by atoms with Gasteiger partial charge in [0.15, 0.2) is 0 Å². The van der Waals surface area contributed by atoms with Gasteiger partial charge in [-0.1, -0.05) is 44.9 Å². The van der Waals surface area contributed by atoms with Crippen molar-refractivity contribution in [2.75, 3.05) is 0 Å². The number of unbranched alkanes of at least 4 members (excludes halogenated alkanes) is 2. The Morgan fingerprint density at radius 3 is 2.38 bits per heavy atom. The number of hydrogen-bond acceptors (Lipinski definition) is 1. The van der Waals surface area contributed by atoms with Crippen LogP contribution in [0.5, 0.6) is 0 Å². The second-order valence-electron chi connectivity index (χ2n) is 4.31. The van der Waals surface area contributed by atoms with Gasteiger partial charge in [-0.2, -0.15) is 0 Å². The van der Waals surface area contributed by atoms with Crippen LogP contribution in [0.3, 0.4) is 0 Å². The van der Waals surface area contributed by atoms with Gasteiger partial charge in [0.2, 0.25) is 0 Å². The first-order valence-corrected chi connectivity index (χ1v) is 6.39. The van der Waals surface area contributed by atoms with Crippen molar-refractivity contribution in [3.05, 3.63) is 34.9 Å². The summed E-state index contributed by atoms with van der Waals surface area (Å²) in [4.78, 5) is 11.0. The van der Waals surface area contributed by atoms with Gasteiger partial charge in [0, 0.05) is 5.56 Å². The number of rotatable bonds is 7. The van der Waals surface area contributed by atoms with Crippen LogP contribution in [0, 0.1) is 0 Å². The molecule has 16 heavy (non-hydrogen) atoms. The molecule has 0 N–H and O–H groups in total. The molecule has 1 aromatic carbocycles. The highest BCUT2D eigenvalue weighted by molar-refractivity contribution is 5.78. The van der Waals surface area contributed by atoms with Crippen LogP contribution in [0.1, 0.15) is 61.0 Å². The van der Waals surface area contributed by atoms with E-state index in [0.29, 0.717) is 0 Å². The summed E-state index contributed by atoms with van der Waals surface area (Å²) in [5.74, 6) is 0. The molecule has 0 amide bonds. The van der Waals surface area contributed by atoms with E-state index in [4.69, 9.17) is 0 Å². The van der Waals surface area contributed by atoms with E-state index in [1.165, 1.54) is 36.8 Å². The average Bonchev–Trinajstić information content (AvgIpc) is 2.33. The van der Waals surface area contributed by atoms with Crippen LogP contribution in [0.4, 0.5) is 0 Å². The van der Waals surface area contributed by atoms with Crippen LogP contribution in [0.15, 0.2) is 18.2 Å². The monoisotopic (exact) mass is 218 g/mol. The minimum atomic E-state index is 0.891. The maximum atomic E-state index is 11.0. The summed E-state index contributed by atoms with van der Waals surface area (Å²) in [6.07, 6.45) is 7.92. The van der Waals surface area contributed by atoms with E-state index in [2.05, 4.69) is 19.9 Å². The molecule has 1 heteroatoms. The Morgan fingerprint density at radius 1 is 1.06 bits per heavy atom. The highest BCUT2D eigenvalue weighted by atomic mass is 16.1. The summed E-state index contributed by atoms with van der Waals surface area (Å²) in [5, 5.41) is 0. The largest absolute Gasteiger partial charge is 0.298 e. The van der Waals surface area contributed by atoms with E-state index < -0.39 is 0 Å². The Bertz CT molecular complexity index is 328. The number of aldehydes is 1. The van der Waals surface area contributed by atoms with Crippen molar-refractivity contribution in [3.63, 3.8) is 0 Å². The first-order chi connectivity index (χ1) is 7.83. The third-order valence-electron chi connectivity index (χ3n) is 3.02. The second kappa shape index (κ2) is 7.21. The predicted molar refractivity (Wildman–Crippen MR) is 69.1 cm³/mol. The summed E-state index contributed by atoms with van der Waals surface area (Å²) < 4.78 is 0. The van der Waals surface area contributed by atoms with Crippen molar-refractivity contribution in [3.8, 4) is 0 Å². The molecule has 0 aliphatic carbocycles. The topological polar surface area (TPSA) is 17.1 Å². The molecule has 88 valence electrons. The fourth-order valence-electron chi connectivity index (χ4n) is 2.02. The molecule has 0 fully saturated rings. The van der Waals surface area contributed by atoms with Crippen LogP contribution < -0.4 is 0 Å². The third kappa shape index (κ3) is 3.48. The minimum absolute atomic E-state index is 0.891. The van der Waals surface area contributed by atoms with Crippen molar-refractivity contribution in [2.45, 2.75) is 52.4 Å². The highest BCUT2D eigenvalue weighted by Crippen LogP contribution is 2.18. The smallest absolute Gasteiger partial charge is 0.150 e. The zero-order valence-electron chi connectivity index (χ0n) is 10.5. The summed E-state index contributed by atoms with van der Waals surface area (Å²) >= 11 is 0. The van der Waals surface area contributed by atoms with Crippen LogP contribution >= 0.6 is 0 Å². The van der Waals surface area contributed by atoms with Crippen molar-refractivity contribution in [2.24, 2.45) is 0 Å². The zero-order valence-corrected chi connectivity index (χ0v) is 10.5. The Labute approximate surface area is 98.9 Å². The van der Waals surface area contributed by atoms with Crippen molar-refractivity contribution >= 4 is 6.29 Å². The molecule has 0 saturated heterocycles. The Hall–Kier alpha value is -1.11. The molecular formula is C15H22O. The van der Waals surface area contributed by atoms with Gasteiger partial charge >= 0.3 is 0 Å². The van der Waals surface area contributed by atoms with E-state index in [1.807, 2.05) is 12.1 Å². The van der Waals surface area contributed by atoms with Gasteiger partial charge in [0.05, 0.1) is 0 Å². The lowest BCUT2D eigenvalue weighted by molar-refractivity contribution is 0.112. The SMILES string of the molecule is CCCCc1cccc(C=O)c1CCCC. The van der Waals surface area contributed by atoms with E-state index in [9.17, 15) is 4.79 Å². The van der Waals surface area contributed by atoms with E-state index >= 15 is 0 Å². The second-order valence-corrected chi connectivity index (χ2v) is 4.31. The third-order valence-corrected chi connectivity index (χ3v) is 3.02. The van der Waals surface area contributed by atoms with E-state index in [-0.39, 0.29) is 0 Å². The standard InChI is InChI=1S/C15H22O/c1-3-5-8-13-9-7-10-14(12-16)15(13)11-6-4-2/h7,9-10,12H,3-6,8,11H2,1-2H3. The van der Waals surface area contributed by atoms with Gasteiger partial charge in [-0.3, -0.25) is 4.79 Å². The number of aryl methyl sites for hydroxylation is 1. The first kappa shape index (κ1) is 13.0. The molecular weight excluding hydrogens is 196 g/mol. The lowest BCUT2D eigenvalue weighted by Crippen LogP contribution is -2.00. The Kier molecular flexibility index (Phi) is 5.84. The normalized spacial score (nSPS) is 10.4. The molecule has 0 unspecified atom stereocenters. The molecule has 0 aliphatic heterocycles. The van der Waals surface area contributed by atoms with Crippen LogP contribution in [0.2, 0.25) is 0 Å². The van der Waals surface area contributed by atoms with Crippen LogP contribution in [-0.2, 0) is 12.8 Å². The summed E-state index contributed by atoms with van der Waals surface area (Å²) in [5.41, 5.74) is 3.55. The molecule has 0 atom stereocenters. The number of hydrogen-bond donors (Lipinski definition) is 0. The number of benzene rings is 1. The van der Waals surface area contributed by atoms with Gasteiger partial charge < -0.3 is 0 Å². The highest BCUT2D eigenvalue weighted by Gasteiger charge is 2.06. The summed E-state index contributed by atoms with van der Waals surface area (Å²) in [6, 6.07) is 6.12. The average molecular weight is 218 g/mol. The molecule has 0 heterocycles. The summed E-state index contributed by atoms with van der Waals surface area (Å²) in [7, 11) is 0. The first-order valence-electron chi connectivity index (χ1n) is 6.39. The molecule has 0 radical (unpaired) electrons. The van der Waals surface area contributed by atoms with Crippen LogP contribution in [0.25, 0.3) is 0 Å². The van der Waals surface area contributed by atoms with E-state index in [0.717, 1.165) is 24.7 Å². The predicted octanol–water partition coefficient (Wildman–Crippen LogP) is 4.18. The minimum Gasteiger partial charge on any atom is -0.298 e. The fraction of sp³-hybridized carbons (Fsp3) is 0.533. The quantitative estimate of drug-likeness (QED) is 0.627. The van der Waals surface area contributed by atoms with Gasteiger partial charge in [-0.15, -0.1) is 0 Å². The van der Waals surface area contributed by atoms with Crippen molar-refractivity contribution in [1.29, 1.82) is 0 Å². The van der Waals surface area contributed by atoms with Gasteiger partial charge in [0.1, 0.15) is 6.29 Å². The van der Waals surface area contributed by atoms with Gasteiger partial charge in [-0.25, -0.2) is 0 Å². The lowest BCUT2D eigenvalue weighted by atomic mass is 9.94. The number of carbonyl (C=O) groups is 1. The molecule has 0 spiro atoms. The van der Waals surface area contributed by atoms with Gasteiger partial charge in [0.25, 0.3) is 0 Å². The van der Waals surface area contributed by atoms with Crippen molar-refractivity contribution < 1.29 is 4.79 Å². The molecule has 0 aromatic heterocycles. The van der Waals surface area contributed by atoms with Gasteiger partial charge in [-0.05, 0) is 36.8 Å². The van der Waals surface area contributed by atoms with Crippen LogP contribution in [-0.4, -0.2) is 6.29 Å². The molecule has 1 rings (SSSR count). The maximum absolute atomic E-state index is 11.0. The molecule has 0 aliphatic rings. The Morgan fingerprint density at radius 2 is 1.75 bits per heavy atom. The number of carbonyl (C=O) groups excluding carboxylic acids is 1. The molecule has 0 saturated carbocycles. The molecule has 1 aromatic rings. The Balaban J connectivity index is 2.90. The fourth-order valence-corrected chi connectivity index (χ4v) is 2.02. The van der Waals surface area contributed by atoms with Crippen molar-refractivity contribution in [1.82, 2.24) is 0 Å². The molecule has 0 bridgehead atoms. The van der Waals surface area contributed by atoms with E-state index in [1.54, 1.807) is 0 Å².